The molecule has 0 unspecified atom stereocenters. The van der Waals surface area contributed by atoms with Gasteiger partial charge in [-0.3, -0.25) is 9.59 Å². The van der Waals surface area contributed by atoms with Gasteiger partial charge in [-0.2, -0.15) is 0 Å². The van der Waals surface area contributed by atoms with Gasteiger partial charge in [0.1, 0.15) is 5.69 Å². The summed E-state index contributed by atoms with van der Waals surface area (Å²) in [5.74, 6) is -1.83. The van der Waals surface area contributed by atoms with Crippen molar-refractivity contribution in [1.82, 2.24) is 9.88 Å². The van der Waals surface area contributed by atoms with Gasteiger partial charge in [0.2, 0.25) is 0 Å². The quantitative estimate of drug-likeness (QED) is 0.731. The number of hydrogen-bond donors (Lipinski definition) is 2. The highest BCUT2D eigenvalue weighted by Gasteiger charge is 2.30. The first kappa shape index (κ1) is 12.2. The fraction of sp³-hybridized carbons (Fsp3) is 0.364. The maximum absolute atomic E-state index is 11.9. The molecule has 0 atom stereocenters. The van der Waals surface area contributed by atoms with Crippen molar-refractivity contribution in [2.45, 2.75) is 6.42 Å². The molecule has 2 N–H and O–H groups in total. The van der Waals surface area contributed by atoms with Crippen LogP contribution in [0.4, 0.5) is 0 Å². The summed E-state index contributed by atoms with van der Waals surface area (Å²) in [7, 11) is 2.63. The lowest BCUT2D eigenvalue weighted by molar-refractivity contribution is 0.0683. The lowest BCUT2D eigenvalue weighted by Gasteiger charge is -2.22. The number of aromatic carboxylic acids is 1. The molecule has 0 spiro atoms. The summed E-state index contributed by atoms with van der Waals surface area (Å²) in [5, 5.41) is 11.7. The molecule has 7 heteroatoms. The van der Waals surface area contributed by atoms with Gasteiger partial charge in [0.25, 0.3) is 11.5 Å². The number of ether oxygens (including phenoxy) is 1. The summed E-state index contributed by atoms with van der Waals surface area (Å²) in [6, 6.07) is 0. The predicted molar refractivity (Wildman–Crippen MR) is 61.2 cm³/mol. The van der Waals surface area contributed by atoms with Crippen molar-refractivity contribution < 1.29 is 19.4 Å². The van der Waals surface area contributed by atoms with Gasteiger partial charge in [-0.1, -0.05) is 0 Å². The number of rotatable bonds is 2. The number of nitrogens with zero attached hydrogens (tertiary/aromatic N) is 1. The normalized spacial score (nSPS) is 13.8. The van der Waals surface area contributed by atoms with E-state index in [1.54, 1.807) is 0 Å². The predicted octanol–water partition coefficient (Wildman–Crippen LogP) is -0.622. The molecule has 1 aromatic heterocycles. The number of hydrogen-bond acceptors (Lipinski definition) is 4. The zero-order valence-electron chi connectivity index (χ0n) is 9.94. The third kappa shape index (κ3) is 1.55. The average Bonchev–Trinajstić information content (AvgIpc) is 2.31. The summed E-state index contributed by atoms with van der Waals surface area (Å²) in [6.07, 6.45) is 0.354. The van der Waals surface area contributed by atoms with Crippen LogP contribution in [0.15, 0.2) is 4.79 Å². The monoisotopic (exact) mass is 252 g/mol. The number of carboxylic acids is 1. The fourth-order valence-electron chi connectivity index (χ4n) is 2.15. The average molecular weight is 252 g/mol. The summed E-state index contributed by atoms with van der Waals surface area (Å²) in [4.78, 5) is 34.9. The number of nitrogens with one attached hydrogen (secondary N) is 1. The molecule has 0 radical (unpaired) electrons. The second-order valence-electron chi connectivity index (χ2n) is 3.91. The third-order valence-electron chi connectivity index (χ3n) is 2.94. The van der Waals surface area contributed by atoms with Gasteiger partial charge in [-0.05, 0) is 6.42 Å². The molecule has 18 heavy (non-hydrogen) atoms. The van der Waals surface area contributed by atoms with Crippen LogP contribution in [0.1, 0.15) is 26.4 Å². The molecule has 2 rings (SSSR count). The Morgan fingerprint density at radius 2 is 2.11 bits per heavy atom. The number of fused-ring (bicyclic) bond motifs is 1. The maximum atomic E-state index is 11.9. The first-order chi connectivity index (χ1) is 8.49. The Hall–Kier alpha value is -2.31. The van der Waals surface area contributed by atoms with Crippen molar-refractivity contribution in [3.63, 3.8) is 0 Å². The van der Waals surface area contributed by atoms with Crippen molar-refractivity contribution in [3.8, 4) is 5.75 Å². The Bertz CT molecular complexity index is 602. The lowest BCUT2D eigenvalue weighted by atomic mass is 9.97. The van der Waals surface area contributed by atoms with Crippen LogP contribution in [0.5, 0.6) is 5.75 Å². The summed E-state index contributed by atoms with van der Waals surface area (Å²) in [5.41, 5.74) is -0.425. The van der Waals surface area contributed by atoms with Crippen LogP contribution >= 0.6 is 0 Å². The Morgan fingerprint density at radius 3 is 2.67 bits per heavy atom. The van der Waals surface area contributed by atoms with E-state index in [4.69, 9.17) is 9.84 Å². The van der Waals surface area contributed by atoms with Gasteiger partial charge in [0.05, 0.1) is 12.7 Å². The highest BCUT2D eigenvalue weighted by Crippen LogP contribution is 2.24. The molecule has 0 saturated carbocycles. The maximum Gasteiger partial charge on any atom is 0.352 e. The van der Waals surface area contributed by atoms with Crippen LogP contribution in [0, 0.1) is 0 Å². The van der Waals surface area contributed by atoms with Gasteiger partial charge in [0, 0.05) is 19.2 Å². The molecule has 0 saturated heterocycles. The van der Waals surface area contributed by atoms with E-state index in [0.717, 1.165) is 4.57 Å². The van der Waals surface area contributed by atoms with Crippen molar-refractivity contribution in [2.24, 2.45) is 7.05 Å². The minimum atomic E-state index is -1.23. The number of pyridine rings is 1. The first-order valence-electron chi connectivity index (χ1n) is 5.30. The van der Waals surface area contributed by atoms with Crippen LogP contribution < -0.4 is 15.6 Å². The molecular weight excluding hydrogens is 240 g/mol. The van der Waals surface area contributed by atoms with E-state index >= 15 is 0 Å². The van der Waals surface area contributed by atoms with Crippen molar-refractivity contribution in [1.29, 1.82) is 0 Å². The van der Waals surface area contributed by atoms with E-state index < -0.39 is 17.4 Å². The Morgan fingerprint density at radius 1 is 1.44 bits per heavy atom. The summed E-state index contributed by atoms with van der Waals surface area (Å²) < 4.78 is 5.94. The zero-order valence-corrected chi connectivity index (χ0v) is 9.94. The number of carboxylic acid groups (broad SMARTS) is 1. The number of aromatic nitrogens is 1. The first-order valence-corrected chi connectivity index (χ1v) is 5.30. The van der Waals surface area contributed by atoms with Crippen LogP contribution in [-0.4, -0.2) is 35.2 Å². The summed E-state index contributed by atoms with van der Waals surface area (Å²) in [6.45, 7) is 0.341. The lowest BCUT2D eigenvalue weighted by Crippen LogP contribution is -2.38. The number of carbonyl (C=O) groups is 2. The molecule has 1 aromatic rings. The molecule has 0 aromatic carbocycles. The molecule has 7 nitrogen and oxygen atoms in total. The van der Waals surface area contributed by atoms with Gasteiger partial charge < -0.3 is 19.7 Å². The van der Waals surface area contributed by atoms with Gasteiger partial charge in [-0.15, -0.1) is 0 Å². The largest absolute Gasteiger partial charge is 0.490 e. The molecular formula is C11H12N2O5. The van der Waals surface area contributed by atoms with Gasteiger partial charge >= 0.3 is 5.97 Å². The van der Waals surface area contributed by atoms with Crippen molar-refractivity contribution >= 4 is 11.9 Å². The molecule has 96 valence electrons. The third-order valence-corrected chi connectivity index (χ3v) is 2.94. The highest BCUT2D eigenvalue weighted by molar-refractivity contribution is 6.02. The second-order valence-corrected chi connectivity index (χ2v) is 3.91. The SMILES string of the molecule is COc1c2c(c(C(=O)O)n(C)c1=O)CCNC2=O. The molecule has 1 aliphatic rings. The molecule has 0 fully saturated rings. The van der Waals surface area contributed by atoms with E-state index in [9.17, 15) is 14.4 Å². The molecule has 1 aliphatic heterocycles. The minimum Gasteiger partial charge on any atom is -0.490 e. The number of methoxy groups -OCH3 is 1. The summed E-state index contributed by atoms with van der Waals surface area (Å²) >= 11 is 0. The van der Waals surface area contributed by atoms with Crippen LogP contribution in [0.3, 0.4) is 0 Å². The highest BCUT2D eigenvalue weighted by atomic mass is 16.5. The topological polar surface area (TPSA) is 97.6 Å². The minimum absolute atomic E-state index is 0.0317. The van der Waals surface area contributed by atoms with E-state index in [0.29, 0.717) is 18.5 Å². The van der Waals surface area contributed by atoms with Crippen LogP contribution in [0.2, 0.25) is 0 Å². The van der Waals surface area contributed by atoms with Gasteiger partial charge in [-0.25, -0.2) is 4.79 Å². The van der Waals surface area contributed by atoms with Gasteiger partial charge in [0.15, 0.2) is 5.75 Å². The van der Waals surface area contributed by atoms with Crippen LogP contribution in [-0.2, 0) is 13.5 Å². The van der Waals surface area contributed by atoms with E-state index in [2.05, 4.69) is 5.32 Å². The van der Waals surface area contributed by atoms with E-state index in [-0.39, 0.29) is 17.0 Å². The van der Waals surface area contributed by atoms with Crippen LogP contribution in [0.25, 0.3) is 0 Å². The number of amides is 1. The smallest absolute Gasteiger partial charge is 0.352 e. The Balaban J connectivity index is 2.92. The molecule has 0 aliphatic carbocycles. The van der Waals surface area contributed by atoms with Crippen molar-refractivity contribution in [3.05, 3.63) is 27.2 Å². The van der Waals surface area contributed by atoms with Crippen molar-refractivity contribution in [2.75, 3.05) is 13.7 Å². The molecule has 1 amide bonds. The zero-order chi connectivity index (χ0) is 13.4. The fourth-order valence-corrected chi connectivity index (χ4v) is 2.15. The number of carbonyl (C=O) groups excluding carboxylic acids is 1. The van der Waals surface area contributed by atoms with E-state index in [1.807, 2.05) is 0 Å². The molecule has 0 bridgehead atoms. The Labute approximate surface area is 102 Å². The molecule has 2 heterocycles. The second kappa shape index (κ2) is 4.17. The van der Waals surface area contributed by atoms with E-state index in [1.165, 1.54) is 14.2 Å². The Kier molecular flexibility index (Phi) is 2.82. The standard InChI is InChI=1S/C11H12N2O5/c1-13-7(11(16)17)5-3-4-12-9(14)6(5)8(18-2)10(13)15/h3-4H2,1-2H3,(H,12,14)(H,16,17).